The third-order valence-corrected chi connectivity index (χ3v) is 9.98. The van der Waals surface area contributed by atoms with Crippen molar-refractivity contribution in [2.45, 2.75) is 50.4 Å². The number of likely N-dealkylation sites (tertiary alicyclic amines) is 1. The maximum absolute atomic E-state index is 13.1. The number of piperidine rings is 1. The third kappa shape index (κ3) is 8.07. The number of halogens is 3. The Balaban J connectivity index is 0.854. The van der Waals surface area contributed by atoms with Gasteiger partial charge < -0.3 is 24.4 Å². The average Bonchev–Trinajstić information content (AvgIpc) is 3.69. The minimum atomic E-state index is -4.68. The van der Waals surface area contributed by atoms with Crippen LogP contribution in [0.25, 0.3) is 10.9 Å². The Kier molecular flexibility index (Phi) is 10.7. The third-order valence-electron chi connectivity index (χ3n) is 9.98. The van der Waals surface area contributed by atoms with Gasteiger partial charge in [0.25, 0.3) is 17.7 Å². The predicted octanol–water partition coefficient (Wildman–Crippen LogP) is 4.73. The highest BCUT2D eigenvalue weighted by Gasteiger charge is 2.44. The Morgan fingerprint density at radius 2 is 1.73 bits per heavy atom. The van der Waals surface area contributed by atoms with Crippen molar-refractivity contribution in [3.8, 4) is 11.5 Å². The number of imide groups is 1. The number of benzene rings is 2. The van der Waals surface area contributed by atoms with Crippen LogP contribution in [0.4, 0.5) is 18.9 Å². The van der Waals surface area contributed by atoms with Crippen LogP contribution in [0, 0.1) is 0 Å². The van der Waals surface area contributed by atoms with Crippen molar-refractivity contribution in [2.75, 3.05) is 51.9 Å². The monoisotopic (exact) mass is 762 g/mol. The van der Waals surface area contributed by atoms with Crippen molar-refractivity contribution in [1.82, 2.24) is 24.6 Å². The van der Waals surface area contributed by atoms with Gasteiger partial charge in [-0.15, -0.1) is 0 Å². The fourth-order valence-corrected chi connectivity index (χ4v) is 7.10. The molecule has 1 saturated heterocycles. The molecule has 0 bridgehead atoms. The first kappa shape index (κ1) is 37.6. The molecule has 17 heteroatoms. The van der Waals surface area contributed by atoms with Crippen LogP contribution in [0.1, 0.15) is 75.0 Å². The maximum atomic E-state index is 13.1. The van der Waals surface area contributed by atoms with E-state index >= 15 is 0 Å². The number of anilines is 1. The number of nitrogens with zero attached hydrogens (tertiary/aromatic N) is 5. The summed E-state index contributed by atoms with van der Waals surface area (Å²) in [6.07, 6.45) is -1.10. The second-order valence-electron chi connectivity index (χ2n) is 13.5. The lowest BCUT2D eigenvalue weighted by Crippen LogP contribution is -2.47. The molecule has 2 aromatic carbocycles. The average molecular weight is 763 g/mol. The lowest BCUT2D eigenvalue weighted by atomic mass is 9.92. The fourth-order valence-electron chi connectivity index (χ4n) is 7.10. The smallest absolute Gasteiger partial charge is 0.433 e. The number of Topliss-reactive ketones (excluding diaryl/α,β-unsaturated/α-hetero) is 2. The van der Waals surface area contributed by atoms with Crippen molar-refractivity contribution >= 4 is 45.9 Å². The highest BCUT2D eigenvalue weighted by molar-refractivity contribution is 6.23. The summed E-state index contributed by atoms with van der Waals surface area (Å²) in [7, 11) is 1.42. The van der Waals surface area contributed by atoms with Crippen molar-refractivity contribution in [3.05, 3.63) is 77.2 Å². The number of alkyl halides is 3. The Labute approximate surface area is 312 Å². The molecule has 1 atom stereocenters. The molecule has 0 radical (unpaired) electrons. The van der Waals surface area contributed by atoms with Gasteiger partial charge in [0.1, 0.15) is 35.3 Å². The van der Waals surface area contributed by atoms with Crippen LogP contribution in [-0.4, -0.2) is 106 Å². The Hall–Kier alpha value is -5.68. The molecule has 7 rings (SSSR count). The normalized spacial score (nSPS) is 18.3. The van der Waals surface area contributed by atoms with Gasteiger partial charge in [0.2, 0.25) is 0 Å². The molecule has 2 aromatic heterocycles. The maximum Gasteiger partial charge on any atom is 0.433 e. The molecule has 288 valence electrons. The Morgan fingerprint density at radius 1 is 0.945 bits per heavy atom. The predicted molar refractivity (Wildman–Crippen MR) is 189 cm³/mol. The van der Waals surface area contributed by atoms with Gasteiger partial charge in [-0.2, -0.15) is 18.3 Å². The SMILES string of the molecule is COc1cc2nn(C3CCN(CCOCCOc4ccc5c(c4)C(=O)N(C4CCC(=O)CC4=O)C5=O)CC3)cc2cc1NC(=O)c1cccc(C(F)(F)F)n1. The zero-order valence-electron chi connectivity index (χ0n) is 29.8. The van der Waals surface area contributed by atoms with Crippen LogP contribution < -0.4 is 14.8 Å². The molecule has 1 saturated carbocycles. The van der Waals surface area contributed by atoms with E-state index < -0.39 is 41.4 Å². The number of hydrogen-bond donors (Lipinski definition) is 1. The van der Waals surface area contributed by atoms with Crippen molar-refractivity contribution in [3.63, 3.8) is 0 Å². The van der Waals surface area contributed by atoms with Gasteiger partial charge in [-0.3, -0.25) is 33.6 Å². The second kappa shape index (κ2) is 15.6. The van der Waals surface area contributed by atoms with Crippen LogP contribution in [0.2, 0.25) is 0 Å². The zero-order valence-corrected chi connectivity index (χ0v) is 29.8. The molecule has 3 amide bonds. The molecule has 4 heterocycles. The summed E-state index contributed by atoms with van der Waals surface area (Å²) in [5.41, 5.74) is -0.249. The van der Waals surface area contributed by atoms with Gasteiger partial charge in [0.05, 0.1) is 61.2 Å². The molecule has 14 nitrogen and oxygen atoms in total. The number of amides is 3. The number of hydrogen-bond acceptors (Lipinski definition) is 11. The summed E-state index contributed by atoms with van der Waals surface area (Å²) in [6.45, 7) is 3.36. The molecule has 55 heavy (non-hydrogen) atoms. The van der Waals surface area contributed by atoms with Gasteiger partial charge in [0, 0.05) is 43.7 Å². The minimum Gasteiger partial charge on any atom is -0.494 e. The highest BCUT2D eigenvalue weighted by Crippen LogP contribution is 2.34. The molecule has 1 aliphatic carbocycles. The van der Waals surface area contributed by atoms with Crippen molar-refractivity contribution in [1.29, 1.82) is 0 Å². The van der Waals surface area contributed by atoms with E-state index in [1.165, 1.54) is 25.3 Å². The number of fused-ring (bicyclic) bond motifs is 2. The number of carbonyl (C=O) groups excluding carboxylic acids is 5. The summed E-state index contributed by atoms with van der Waals surface area (Å²) >= 11 is 0. The molecule has 2 fully saturated rings. The summed E-state index contributed by atoms with van der Waals surface area (Å²) in [5, 5.41) is 8.07. The Morgan fingerprint density at radius 3 is 2.47 bits per heavy atom. The molecule has 2 aliphatic heterocycles. The number of ketones is 2. The fraction of sp³-hybridized carbons (Fsp3) is 0.395. The van der Waals surface area contributed by atoms with Gasteiger partial charge in [-0.25, -0.2) is 4.98 Å². The molecule has 4 aromatic rings. The topological polar surface area (TPSA) is 162 Å². The van der Waals surface area contributed by atoms with Gasteiger partial charge in [-0.05, 0) is 55.7 Å². The minimum absolute atomic E-state index is 0.130. The van der Waals surface area contributed by atoms with Crippen LogP contribution >= 0.6 is 0 Å². The number of carbonyl (C=O) groups is 5. The van der Waals surface area contributed by atoms with E-state index in [0.717, 1.165) is 48.4 Å². The first-order chi connectivity index (χ1) is 26.4. The number of methoxy groups -OCH3 is 1. The van der Waals surface area contributed by atoms with Crippen molar-refractivity contribution < 1.29 is 51.4 Å². The first-order valence-corrected chi connectivity index (χ1v) is 17.8. The highest BCUT2D eigenvalue weighted by atomic mass is 19.4. The lowest BCUT2D eigenvalue weighted by molar-refractivity contribution is -0.141. The van der Waals surface area contributed by atoms with Crippen LogP contribution in [0.3, 0.4) is 0 Å². The number of nitrogens with one attached hydrogen (secondary N) is 1. The number of rotatable bonds is 12. The summed E-state index contributed by atoms with van der Waals surface area (Å²) in [5.74, 6) is -1.81. The van der Waals surface area contributed by atoms with E-state index in [0.29, 0.717) is 36.8 Å². The van der Waals surface area contributed by atoms with Crippen LogP contribution in [0.5, 0.6) is 11.5 Å². The zero-order chi connectivity index (χ0) is 38.9. The van der Waals surface area contributed by atoms with E-state index in [1.807, 2.05) is 10.9 Å². The largest absolute Gasteiger partial charge is 0.494 e. The van der Waals surface area contributed by atoms with Crippen LogP contribution in [-0.2, 0) is 20.5 Å². The number of pyridine rings is 1. The van der Waals surface area contributed by atoms with E-state index in [1.54, 1.807) is 18.2 Å². The quantitative estimate of drug-likeness (QED) is 0.121. The lowest BCUT2D eigenvalue weighted by Gasteiger charge is -2.31. The number of aromatic nitrogens is 3. The molecule has 1 N–H and O–H groups in total. The van der Waals surface area contributed by atoms with E-state index in [9.17, 15) is 37.1 Å². The van der Waals surface area contributed by atoms with Gasteiger partial charge >= 0.3 is 6.18 Å². The number of ether oxygens (including phenoxy) is 3. The van der Waals surface area contributed by atoms with E-state index in [4.69, 9.17) is 19.3 Å². The van der Waals surface area contributed by atoms with Crippen LogP contribution in [0.15, 0.2) is 54.7 Å². The van der Waals surface area contributed by atoms with E-state index in [-0.39, 0.29) is 60.2 Å². The molecule has 0 spiro atoms. The Bertz CT molecular complexity index is 2160. The summed E-state index contributed by atoms with van der Waals surface area (Å²) in [6, 6.07) is 10.3. The molecular weight excluding hydrogens is 725 g/mol. The summed E-state index contributed by atoms with van der Waals surface area (Å²) < 4.78 is 58.2. The standard InChI is InChI=1S/C38H37F3N6O8/c1-53-33-20-29-22(17-30(33)43-35(50)28-3-2-4-34(42-28)38(39,40)41)21-46(44-29)23-9-11-45(12-10-23)13-14-54-15-16-55-25-6-7-26-27(19-25)37(52)47(36(26)51)31-8-5-24(48)18-32(31)49/h2-4,6-7,17,19-21,23,31H,5,8-16,18H2,1H3,(H,43,50). The van der Waals surface area contributed by atoms with Gasteiger partial charge in [-0.1, -0.05) is 6.07 Å². The summed E-state index contributed by atoms with van der Waals surface area (Å²) in [4.78, 5) is 69.5. The van der Waals surface area contributed by atoms with Gasteiger partial charge in [0.15, 0.2) is 5.78 Å². The first-order valence-electron chi connectivity index (χ1n) is 17.8. The molecule has 3 aliphatic rings. The van der Waals surface area contributed by atoms with E-state index in [2.05, 4.69) is 15.2 Å². The van der Waals surface area contributed by atoms with Crippen molar-refractivity contribution in [2.24, 2.45) is 0 Å². The second-order valence-corrected chi connectivity index (χ2v) is 13.5. The molecule has 1 unspecified atom stereocenters. The molecular formula is C38H37F3N6O8.